The minimum absolute atomic E-state index is 0.340. The van der Waals surface area contributed by atoms with E-state index in [1.165, 1.54) is 0 Å². The summed E-state index contributed by atoms with van der Waals surface area (Å²) in [5, 5.41) is 10.2. The highest BCUT2D eigenvalue weighted by Crippen LogP contribution is 2.29. The maximum absolute atomic E-state index is 13.6. The number of aliphatic hydroxyl groups is 1. The third-order valence-corrected chi connectivity index (χ3v) is 5.70. The number of nitrogens with zero attached hydrogens (tertiary/aromatic N) is 1. The number of hydrogen-bond donors (Lipinski definition) is 2. The first-order valence-corrected chi connectivity index (χ1v) is 9.23. The number of anilines is 1. The van der Waals surface area contributed by atoms with Crippen molar-refractivity contribution < 1.29 is 22.3 Å². The van der Waals surface area contributed by atoms with Gasteiger partial charge in [0, 0.05) is 25.8 Å². The van der Waals surface area contributed by atoms with E-state index in [2.05, 4.69) is 9.62 Å². The van der Waals surface area contributed by atoms with E-state index in [-0.39, 0.29) is 6.54 Å². The average Bonchev–Trinajstić information content (AvgIpc) is 2.95. The number of sulfonamides is 1. The van der Waals surface area contributed by atoms with Crippen LogP contribution >= 0.6 is 0 Å². The molecule has 1 aliphatic rings. The number of fused-ring (bicyclic) bond motifs is 1. The van der Waals surface area contributed by atoms with Gasteiger partial charge in [-0.2, -0.15) is 0 Å². The molecule has 0 aromatic heterocycles. The van der Waals surface area contributed by atoms with Gasteiger partial charge in [-0.25, -0.2) is 21.9 Å². The third-order valence-electron chi connectivity index (χ3n) is 4.27. The molecule has 0 spiro atoms. The van der Waals surface area contributed by atoms with Gasteiger partial charge in [0.15, 0.2) is 0 Å². The molecule has 1 aliphatic heterocycles. The number of likely N-dealkylation sites (N-methyl/N-ethyl adjacent to an activating group) is 1. The second-order valence-corrected chi connectivity index (χ2v) is 7.74. The lowest BCUT2D eigenvalue weighted by Gasteiger charge is -2.16. The fraction of sp³-hybridized carbons (Fsp3) is 0.294. The molecule has 1 unspecified atom stereocenters. The molecule has 1 heterocycles. The lowest BCUT2D eigenvalue weighted by atomic mass is 10.0. The minimum atomic E-state index is -4.27. The number of rotatable bonds is 5. The number of aliphatic hydroxyl groups excluding tert-OH is 1. The fourth-order valence-electron chi connectivity index (χ4n) is 2.86. The zero-order valence-electron chi connectivity index (χ0n) is 13.5. The Bertz CT molecular complexity index is 903. The van der Waals surface area contributed by atoms with E-state index in [9.17, 15) is 22.3 Å². The van der Waals surface area contributed by atoms with Crippen LogP contribution in [-0.4, -0.2) is 33.7 Å². The molecule has 0 saturated carbocycles. The van der Waals surface area contributed by atoms with Gasteiger partial charge in [0.1, 0.15) is 16.5 Å². The number of benzene rings is 2. The minimum Gasteiger partial charge on any atom is -0.387 e. The number of halogens is 2. The van der Waals surface area contributed by atoms with E-state index >= 15 is 0 Å². The van der Waals surface area contributed by atoms with E-state index in [1.54, 1.807) is 6.07 Å². The summed E-state index contributed by atoms with van der Waals surface area (Å²) in [6, 6.07) is 7.63. The molecule has 1 atom stereocenters. The molecule has 134 valence electrons. The van der Waals surface area contributed by atoms with E-state index in [1.807, 2.05) is 19.2 Å². The molecule has 0 saturated heterocycles. The van der Waals surface area contributed by atoms with Crippen molar-refractivity contribution in [3.8, 4) is 0 Å². The van der Waals surface area contributed by atoms with Gasteiger partial charge < -0.3 is 10.0 Å². The van der Waals surface area contributed by atoms with Gasteiger partial charge in [-0.3, -0.25) is 0 Å². The first-order chi connectivity index (χ1) is 11.8. The molecule has 2 aromatic carbocycles. The molecule has 2 aromatic rings. The van der Waals surface area contributed by atoms with Crippen molar-refractivity contribution in [1.29, 1.82) is 0 Å². The van der Waals surface area contributed by atoms with Gasteiger partial charge >= 0.3 is 0 Å². The monoisotopic (exact) mass is 368 g/mol. The van der Waals surface area contributed by atoms with Crippen LogP contribution in [0.5, 0.6) is 0 Å². The molecule has 0 radical (unpaired) electrons. The van der Waals surface area contributed by atoms with Crippen LogP contribution in [0.2, 0.25) is 0 Å². The topological polar surface area (TPSA) is 69.6 Å². The standard InChI is InChI=1S/C17H18F2N2O3S/c1-21-7-6-11-8-12(2-5-15(11)21)16(22)10-20-25(23,24)17-9-13(18)3-4-14(17)19/h2-5,8-9,16,20,22H,6-7,10H2,1H3. The molecule has 0 fully saturated rings. The van der Waals surface area contributed by atoms with Crippen LogP contribution in [0.1, 0.15) is 17.2 Å². The first-order valence-electron chi connectivity index (χ1n) is 7.74. The van der Waals surface area contributed by atoms with E-state index in [0.717, 1.165) is 36.3 Å². The Kier molecular flexibility index (Phi) is 4.77. The van der Waals surface area contributed by atoms with E-state index in [0.29, 0.717) is 11.6 Å². The molecular weight excluding hydrogens is 350 g/mol. The Labute approximate surface area is 145 Å². The van der Waals surface area contributed by atoms with E-state index < -0.39 is 32.7 Å². The van der Waals surface area contributed by atoms with E-state index in [4.69, 9.17) is 0 Å². The smallest absolute Gasteiger partial charge is 0.243 e. The molecular formula is C17H18F2N2O3S. The van der Waals surface area contributed by atoms with Crippen LogP contribution in [0.25, 0.3) is 0 Å². The van der Waals surface area contributed by atoms with Crippen molar-refractivity contribution in [2.24, 2.45) is 0 Å². The summed E-state index contributed by atoms with van der Waals surface area (Å²) in [5.41, 5.74) is 2.73. The highest BCUT2D eigenvalue weighted by molar-refractivity contribution is 7.89. The highest BCUT2D eigenvalue weighted by Gasteiger charge is 2.22. The predicted octanol–water partition coefficient (Wildman–Crippen LogP) is 1.97. The summed E-state index contributed by atoms with van der Waals surface area (Å²) >= 11 is 0. The third kappa shape index (κ3) is 3.65. The highest BCUT2D eigenvalue weighted by atomic mass is 32.2. The van der Waals surface area contributed by atoms with Crippen molar-refractivity contribution >= 4 is 15.7 Å². The Morgan fingerprint density at radius 3 is 2.76 bits per heavy atom. The quantitative estimate of drug-likeness (QED) is 0.847. The average molecular weight is 368 g/mol. The molecule has 0 aliphatic carbocycles. The summed E-state index contributed by atoms with van der Waals surface area (Å²) in [4.78, 5) is 1.32. The Hall–Kier alpha value is -2.03. The van der Waals surface area contributed by atoms with Crippen molar-refractivity contribution in [2.75, 3.05) is 25.0 Å². The van der Waals surface area contributed by atoms with Crippen LogP contribution < -0.4 is 9.62 Å². The Morgan fingerprint density at radius 1 is 1.24 bits per heavy atom. The van der Waals surface area contributed by atoms with Crippen LogP contribution in [0, 0.1) is 11.6 Å². The molecule has 5 nitrogen and oxygen atoms in total. The second-order valence-electron chi connectivity index (χ2n) is 6.00. The second kappa shape index (κ2) is 6.70. The molecule has 8 heteroatoms. The fourth-order valence-corrected chi connectivity index (χ4v) is 3.99. The van der Waals surface area contributed by atoms with Gasteiger partial charge in [0.05, 0.1) is 6.10 Å². The van der Waals surface area contributed by atoms with Gasteiger partial charge in [-0.1, -0.05) is 12.1 Å². The summed E-state index contributed by atoms with van der Waals surface area (Å²) < 4.78 is 53.2. The summed E-state index contributed by atoms with van der Waals surface area (Å²) in [7, 11) is -2.29. The zero-order chi connectivity index (χ0) is 18.2. The van der Waals surface area contributed by atoms with Crippen LogP contribution in [0.3, 0.4) is 0 Å². The molecule has 0 bridgehead atoms. The van der Waals surface area contributed by atoms with Gasteiger partial charge in [-0.15, -0.1) is 0 Å². The summed E-state index contributed by atoms with van der Waals surface area (Å²) in [5.74, 6) is -1.91. The van der Waals surface area contributed by atoms with Crippen molar-refractivity contribution in [2.45, 2.75) is 17.4 Å². The predicted molar refractivity (Wildman–Crippen MR) is 89.9 cm³/mol. The number of nitrogens with one attached hydrogen (secondary N) is 1. The Morgan fingerprint density at radius 2 is 2.00 bits per heavy atom. The normalized spacial score (nSPS) is 15.3. The van der Waals surface area contributed by atoms with Crippen LogP contribution in [0.4, 0.5) is 14.5 Å². The maximum atomic E-state index is 13.6. The largest absolute Gasteiger partial charge is 0.387 e. The number of hydrogen-bond acceptors (Lipinski definition) is 4. The molecule has 0 amide bonds. The maximum Gasteiger partial charge on any atom is 0.243 e. The Balaban J connectivity index is 1.74. The molecule has 3 rings (SSSR count). The SMILES string of the molecule is CN1CCc2cc(C(O)CNS(=O)(=O)c3cc(F)ccc3F)ccc21. The molecule has 2 N–H and O–H groups in total. The lowest BCUT2D eigenvalue weighted by molar-refractivity contribution is 0.182. The van der Waals surface area contributed by atoms with Crippen molar-refractivity contribution in [3.63, 3.8) is 0 Å². The summed E-state index contributed by atoms with van der Waals surface area (Å²) in [6.07, 6.45) is -0.241. The van der Waals surface area contributed by atoms with Crippen LogP contribution in [-0.2, 0) is 16.4 Å². The summed E-state index contributed by atoms with van der Waals surface area (Å²) in [6.45, 7) is 0.549. The lowest BCUT2D eigenvalue weighted by Crippen LogP contribution is -2.29. The van der Waals surface area contributed by atoms with Crippen molar-refractivity contribution in [3.05, 3.63) is 59.2 Å². The first kappa shape index (κ1) is 17.8. The van der Waals surface area contributed by atoms with Crippen LogP contribution in [0.15, 0.2) is 41.3 Å². The van der Waals surface area contributed by atoms with Gasteiger partial charge in [-0.05, 0) is 41.8 Å². The van der Waals surface area contributed by atoms with Gasteiger partial charge in [0.2, 0.25) is 10.0 Å². The molecule has 25 heavy (non-hydrogen) atoms. The van der Waals surface area contributed by atoms with Gasteiger partial charge in [0.25, 0.3) is 0 Å². The van der Waals surface area contributed by atoms with Crippen molar-refractivity contribution in [1.82, 2.24) is 4.72 Å². The zero-order valence-corrected chi connectivity index (χ0v) is 14.4.